The van der Waals surface area contributed by atoms with Crippen LogP contribution in [0.1, 0.15) is 11.4 Å². The van der Waals surface area contributed by atoms with Gasteiger partial charge in [-0.2, -0.15) is 18.4 Å². The first-order valence-electron chi connectivity index (χ1n) is 5.13. The van der Waals surface area contributed by atoms with Crippen molar-refractivity contribution in [1.29, 1.82) is 5.26 Å². The fraction of sp³-hybridized carbons (Fsp3) is 0.182. The molecular formula is C11H5ClF3N3O2. The van der Waals surface area contributed by atoms with E-state index in [1.807, 2.05) is 0 Å². The van der Waals surface area contributed by atoms with E-state index in [4.69, 9.17) is 22.0 Å². The molecule has 5 nitrogen and oxygen atoms in total. The Hall–Kier alpha value is -2.27. The molecule has 1 N–H and O–H groups in total. The highest BCUT2D eigenvalue weighted by Gasteiger charge is 2.38. The molecule has 2 rings (SSSR count). The Morgan fingerprint density at radius 3 is 2.65 bits per heavy atom. The molecular weight excluding hydrogens is 299 g/mol. The van der Waals surface area contributed by atoms with Crippen LogP contribution in [0.3, 0.4) is 0 Å². The zero-order valence-electron chi connectivity index (χ0n) is 9.57. The average Bonchev–Trinajstić information content (AvgIpc) is 2.69. The first-order valence-corrected chi connectivity index (χ1v) is 5.51. The highest BCUT2D eigenvalue weighted by Crippen LogP contribution is 2.34. The van der Waals surface area contributed by atoms with Gasteiger partial charge in [0.15, 0.2) is 0 Å². The van der Waals surface area contributed by atoms with E-state index in [1.54, 1.807) is 6.07 Å². The van der Waals surface area contributed by atoms with Gasteiger partial charge in [0.2, 0.25) is 5.82 Å². The summed E-state index contributed by atoms with van der Waals surface area (Å²) in [6.07, 6.45) is -4.83. The molecule has 0 saturated carbocycles. The third kappa shape index (κ3) is 2.28. The molecule has 0 radical (unpaired) electrons. The van der Waals surface area contributed by atoms with Crippen molar-refractivity contribution >= 4 is 28.6 Å². The number of hydrogen-bond donors (Lipinski definition) is 1. The number of halogens is 4. The van der Waals surface area contributed by atoms with Crippen LogP contribution in [0, 0.1) is 11.3 Å². The predicted molar refractivity (Wildman–Crippen MR) is 62.1 cm³/mol. The van der Waals surface area contributed by atoms with Gasteiger partial charge in [-0.15, -0.1) is 0 Å². The smallest absolute Gasteiger partial charge is 0.449 e. The summed E-state index contributed by atoms with van der Waals surface area (Å²) < 4.78 is 39.1. The summed E-state index contributed by atoms with van der Waals surface area (Å²) in [5.41, 5.74) is -0.379. The van der Waals surface area contributed by atoms with E-state index in [0.29, 0.717) is 4.57 Å². The van der Waals surface area contributed by atoms with Gasteiger partial charge in [-0.05, 0) is 12.1 Å². The van der Waals surface area contributed by atoms with Gasteiger partial charge in [0.05, 0.1) is 16.1 Å². The Morgan fingerprint density at radius 1 is 1.50 bits per heavy atom. The Labute approximate surface area is 114 Å². The number of carboxylic acid groups (broad SMARTS) is 1. The molecule has 1 aromatic heterocycles. The maximum Gasteiger partial charge on any atom is 0.449 e. The van der Waals surface area contributed by atoms with E-state index in [-0.39, 0.29) is 21.6 Å². The average molecular weight is 304 g/mol. The molecule has 0 fully saturated rings. The fourth-order valence-electron chi connectivity index (χ4n) is 1.76. The van der Waals surface area contributed by atoms with Crippen molar-refractivity contribution in [2.45, 2.75) is 12.7 Å². The zero-order chi connectivity index (χ0) is 15.1. The van der Waals surface area contributed by atoms with Gasteiger partial charge < -0.3 is 9.67 Å². The minimum absolute atomic E-state index is 0.0344. The second-order valence-corrected chi connectivity index (χ2v) is 4.20. The van der Waals surface area contributed by atoms with Crippen LogP contribution in [-0.4, -0.2) is 20.6 Å². The minimum atomic E-state index is -4.83. The summed E-state index contributed by atoms with van der Waals surface area (Å²) in [6, 6.07) is 4.12. The Kier molecular flexibility index (Phi) is 3.31. The SMILES string of the molecule is N#Cc1ccc2c(nc(C(F)(F)F)n2CC(=O)O)c1Cl. The lowest BCUT2D eigenvalue weighted by Crippen LogP contribution is -2.18. The number of rotatable bonds is 2. The molecule has 0 aliphatic rings. The number of aromatic nitrogens is 2. The summed E-state index contributed by atoms with van der Waals surface area (Å²) >= 11 is 5.80. The normalized spacial score (nSPS) is 11.6. The molecule has 0 saturated heterocycles. The van der Waals surface area contributed by atoms with Gasteiger partial charge in [-0.3, -0.25) is 4.79 Å². The van der Waals surface area contributed by atoms with Crippen LogP contribution in [0.4, 0.5) is 13.2 Å². The summed E-state index contributed by atoms with van der Waals surface area (Å²) in [7, 11) is 0. The van der Waals surface area contributed by atoms with E-state index in [1.165, 1.54) is 12.1 Å². The first-order chi connectivity index (χ1) is 9.25. The Balaban J connectivity index is 2.83. The van der Waals surface area contributed by atoms with E-state index in [0.717, 1.165) is 0 Å². The van der Waals surface area contributed by atoms with Gasteiger partial charge in [0, 0.05) is 0 Å². The number of carbonyl (C=O) groups is 1. The van der Waals surface area contributed by atoms with E-state index in [9.17, 15) is 18.0 Å². The number of imidazole rings is 1. The number of aliphatic carboxylic acids is 1. The standard InChI is InChI=1S/C11H5ClF3N3O2/c12-8-5(3-16)1-2-6-9(8)17-10(11(13,14)15)18(6)4-7(19)20/h1-2H,4H2,(H,19,20). The van der Waals surface area contributed by atoms with Gasteiger partial charge in [-0.25, -0.2) is 4.98 Å². The number of alkyl halides is 3. The molecule has 9 heteroatoms. The third-order valence-electron chi connectivity index (χ3n) is 2.53. The minimum Gasteiger partial charge on any atom is -0.480 e. The lowest BCUT2D eigenvalue weighted by atomic mass is 10.2. The van der Waals surface area contributed by atoms with Crippen molar-refractivity contribution in [1.82, 2.24) is 9.55 Å². The lowest BCUT2D eigenvalue weighted by Gasteiger charge is -2.08. The van der Waals surface area contributed by atoms with Crippen molar-refractivity contribution < 1.29 is 23.1 Å². The highest BCUT2D eigenvalue weighted by molar-refractivity contribution is 6.36. The van der Waals surface area contributed by atoms with Crippen LogP contribution in [0.5, 0.6) is 0 Å². The predicted octanol–water partition coefficient (Wildman–Crippen LogP) is 2.66. The summed E-state index contributed by atoms with van der Waals surface area (Å²) in [6.45, 7) is -0.909. The monoisotopic (exact) mass is 303 g/mol. The number of carboxylic acids is 1. The molecule has 0 aliphatic carbocycles. The molecule has 0 amide bonds. The number of hydrogen-bond acceptors (Lipinski definition) is 3. The zero-order valence-corrected chi connectivity index (χ0v) is 10.3. The van der Waals surface area contributed by atoms with E-state index >= 15 is 0 Å². The van der Waals surface area contributed by atoms with Crippen LogP contribution in [0.2, 0.25) is 5.02 Å². The number of nitrogens with zero attached hydrogens (tertiary/aromatic N) is 3. The van der Waals surface area contributed by atoms with E-state index in [2.05, 4.69) is 4.98 Å². The molecule has 0 atom stereocenters. The van der Waals surface area contributed by atoms with Gasteiger partial charge >= 0.3 is 12.1 Å². The molecule has 0 aliphatic heterocycles. The number of nitriles is 1. The van der Waals surface area contributed by atoms with Gasteiger partial charge in [-0.1, -0.05) is 11.6 Å². The molecule has 20 heavy (non-hydrogen) atoms. The quantitative estimate of drug-likeness (QED) is 0.925. The second kappa shape index (κ2) is 4.68. The molecule has 2 aromatic rings. The van der Waals surface area contributed by atoms with Crippen molar-refractivity contribution in [3.8, 4) is 6.07 Å². The molecule has 104 valence electrons. The van der Waals surface area contributed by atoms with Crippen LogP contribution < -0.4 is 0 Å². The number of benzene rings is 1. The lowest BCUT2D eigenvalue weighted by molar-refractivity contribution is -0.148. The summed E-state index contributed by atoms with van der Waals surface area (Å²) in [5, 5.41) is 17.2. The summed E-state index contributed by atoms with van der Waals surface area (Å²) in [4.78, 5) is 14.0. The second-order valence-electron chi connectivity index (χ2n) is 3.82. The molecule has 0 unspecified atom stereocenters. The van der Waals surface area contributed by atoms with Crippen LogP contribution in [-0.2, 0) is 17.5 Å². The summed E-state index contributed by atoms with van der Waals surface area (Å²) in [5.74, 6) is -2.82. The van der Waals surface area contributed by atoms with E-state index < -0.39 is 24.5 Å². The van der Waals surface area contributed by atoms with Crippen molar-refractivity contribution in [3.05, 3.63) is 28.5 Å². The van der Waals surface area contributed by atoms with Crippen LogP contribution >= 0.6 is 11.6 Å². The van der Waals surface area contributed by atoms with Gasteiger partial charge in [0.1, 0.15) is 18.1 Å². The fourth-order valence-corrected chi connectivity index (χ4v) is 2.00. The maximum absolute atomic E-state index is 12.9. The largest absolute Gasteiger partial charge is 0.480 e. The number of fused-ring (bicyclic) bond motifs is 1. The topological polar surface area (TPSA) is 78.9 Å². The van der Waals surface area contributed by atoms with Crippen LogP contribution in [0.15, 0.2) is 12.1 Å². The molecule has 1 aromatic carbocycles. The molecule has 0 spiro atoms. The maximum atomic E-state index is 12.9. The molecule has 1 heterocycles. The first kappa shape index (κ1) is 14.1. The van der Waals surface area contributed by atoms with Crippen molar-refractivity contribution in [3.63, 3.8) is 0 Å². The van der Waals surface area contributed by atoms with Crippen molar-refractivity contribution in [2.24, 2.45) is 0 Å². The Bertz CT molecular complexity index is 746. The van der Waals surface area contributed by atoms with Crippen molar-refractivity contribution in [2.75, 3.05) is 0 Å². The molecule has 0 bridgehead atoms. The van der Waals surface area contributed by atoms with Crippen LogP contribution in [0.25, 0.3) is 11.0 Å². The highest BCUT2D eigenvalue weighted by atomic mass is 35.5. The van der Waals surface area contributed by atoms with Gasteiger partial charge in [0.25, 0.3) is 0 Å². The third-order valence-corrected chi connectivity index (χ3v) is 2.91. The Morgan fingerprint density at radius 2 is 2.15 bits per heavy atom.